The van der Waals surface area contributed by atoms with Gasteiger partial charge in [0, 0.05) is 6.07 Å². The third kappa shape index (κ3) is 1.82. The number of nitrogen functional groups attached to an aromatic ring is 1. The van der Waals surface area contributed by atoms with Crippen LogP contribution in [0.1, 0.15) is 6.42 Å². The Morgan fingerprint density at radius 1 is 1.47 bits per heavy atom. The summed E-state index contributed by atoms with van der Waals surface area (Å²) in [4.78, 5) is 11.3. The number of nitrogens with one attached hydrogen (secondary N) is 1. The Morgan fingerprint density at radius 3 is 2.93 bits per heavy atom. The highest BCUT2D eigenvalue weighted by Crippen LogP contribution is 2.42. The second-order valence-electron chi connectivity index (χ2n) is 3.11. The Labute approximate surface area is 96.3 Å². The molecule has 2 rings (SSSR count). The molecule has 1 aliphatic heterocycles. The summed E-state index contributed by atoms with van der Waals surface area (Å²) in [5.41, 5.74) is 6.26. The van der Waals surface area contributed by atoms with Crippen molar-refractivity contribution in [2.75, 3.05) is 17.7 Å². The Kier molecular flexibility index (Phi) is 2.63. The number of halogens is 2. The van der Waals surface area contributed by atoms with Crippen molar-refractivity contribution in [3.8, 4) is 5.75 Å². The number of ether oxygens (including phenoxy) is 1. The van der Waals surface area contributed by atoms with Gasteiger partial charge >= 0.3 is 0 Å². The van der Waals surface area contributed by atoms with Gasteiger partial charge in [0.1, 0.15) is 11.4 Å². The minimum absolute atomic E-state index is 0.155. The van der Waals surface area contributed by atoms with Gasteiger partial charge in [0.05, 0.1) is 28.8 Å². The number of nitrogens with two attached hydrogens (primary N) is 1. The number of benzene rings is 1. The number of anilines is 2. The standard InChI is InChI=1S/C9H8Cl2N2O2/c10-4-3-5-9(7(11)8(4)12)13-6(14)1-2-15-5/h3H,1-2,12H2,(H,13,14). The fourth-order valence-corrected chi connectivity index (χ4v) is 1.78. The predicted octanol–water partition coefficient (Wildman–Crippen LogP) is 2.30. The second kappa shape index (κ2) is 3.79. The van der Waals surface area contributed by atoms with Crippen molar-refractivity contribution in [1.29, 1.82) is 0 Å². The van der Waals surface area contributed by atoms with Crippen LogP contribution in [0.2, 0.25) is 10.0 Å². The topological polar surface area (TPSA) is 64.3 Å². The van der Waals surface area contributed by atoms with Crippen molar-refractivity contribution in [2.24, 2.45) is 0 Å². The van der Waals surface area contributed by atoms with Crippen molar-refractivity contribution in [1.82, 2.24) is 0 Å². The van der Waals surface area contributed by atoms with E-state index in [1.165, 1.54) is 0 Å². The molecule has 0 unspecified atom stereocenters. The Bertz CT molecular complexity index is 435. The first-order valence-electron chi connectivity index (χ1n) is 4.29. The molecular weight excluding hydrogens is 239 g/mol. The molecule has 4 nitrogen and oxygen atoms in total. The highest BCUT2D eigenvalue weighted by molar-refractivity contribution is 6.41. The minimum Gasteiger partial charge on any atom is -0.491 e. The van der Waals surface area contributed by atoms with Crippen molar-refractivity contribution in [3.05, 3.63) is 16.1 Å². The molecule has 0 spiro atoms. The van der Waals surface area contributed by atoms with Gasteiger partial charge in [-0.3, -0.25) is 4.79 Å². The quantitative estimate of drug-likeness (QED) is 0.691. The lowest BCUT2D eigenvalue weighted by Crippen LogP contribution is -2.11. The van der Waals surface area contributed by atoms with Crippen molar-refractivity contribution < 1.29 is 9.53 Å². The van der Waals surface area contributed by atoms with Crippen LogP contribution in [0, 0.1) is 0 Å². The molecule has 0 saturated heterocycles. The van der Waals surface area contributed by atoms with E-state index in [1.54, 1.807) is 6.07 Å². The average molecular weight is 247 g/mol. The van der Waals surface area contributed by atoms with E-state index in [4.69, 9.17) is 33.7 Å². The molecule has 0 aliphatic carbocycles. The SMILES string of the molecule is Nc1c(Cl)cc2c(c1Cl)NC(=O)CCO2. The molecule has 0 fully saturated rings. The lowest BCUT2D eigenvalue weighted by Gasteiger charge is -2.11. The molecule has 1 aliphatic rings. The number of fused-ring (bicyclic) bond motifs is 1. The first kappa shape index (κ1) is 10.4. The molecule has 1 amide bonds. The van der Waals surface area contributed by atoms with Gasteiger partial charge in [0.25, 0.3) is 0 Å². The van der Waals surface area contributed by atoms with Gasteiger partial charge in [-0.1, -0.05) is 23.2 Å². The normalized spacial score (nSPS) is 14.9. The smallest absolute Gasteiger partial charge is 0.227 e. The number of rotatable bonds is 0. The summed E-state index contributed by atoms with van der Waals surface area (Å²) in [6, 6.07) is 1.55. The van der Waals surface area contributed by atoms with E-state index in [2.05, 4.69) is 5.32 Å². The number of amides is 1. The molecule has 0 bridgehead atoms. The molecule has 1 heterocycles. The maximum Gasteiger partial charge on any atom is 0.227 e. The lowest BCUT2D eigenvalue weighted by atomic mass is 10.2. The van der Waals surface area contributed by atoms with E-state index in [1.807, 2.05) is 0 Å². The first-order chi connectivity index (χ1) is 7.09. The largest absolute Gasteiger partial charge is 0.491 e. The summed E-state index contributed by atoms with van der Waals surface area (Å²) in [5, 5.41) is 3.15. The second-order valence-corrected chi connectivity index (χ2v) is 3.89. The van der Waals surface area contributed by atoms with Gasteiger partial charge in [0.2, 0.25) is 5.91 Å². The molecule has 0 aromatic heterocycles. The maximum absolute atomic E-state index is 11.3. The Hall–Kier alpha value is -1.13. The van der Waals surface area contributed by atoms with Crippen LogP contribution < -0.4 is 15.8 Å². The van der Waals surface area contributed by atoms with Gasteiger partial charge < -0.3 is 15.8 Å². The monoisotopic (exact) mass is 246 g/mol. The molecule has 0 atom stereocenters. The van der Waals surface area contributed by atoms with Crippen LogP contribution in [0.3, 0.4) is 0 Å². The zero-order valence-corrected chi connectivity index (χ0v) is 9.15. The summed E-state index contributed by atoms with van der Waals surface area (Å²) in [6.07, 6.45) is 0.280. The van der Waals surface area contributed by atoms with Gasteiger partial charge in [-0.25, -0.2) is 0 Å². The van der Waals surface area contributed by atoms with Gasteiger partial charge in [-0.2, -0.15) is 0 Å². The van der Waals surface area contributed by atoms with Crippen LogP contribution in [-0.4, -0.2) is 12.5 Å². The fraction of sp³-hybridized carbons (Fsp3) is 0.222. The summed E-state index contributed by atoms with van der Waals surface area (Å²) in [6.45, 7) is 0.301. The Morgan fingerprint density at radius 2 is 2.20 bits per heavy atom. The van der Waals surface area contributed by atoms with E-state index in [0.29, 0.717) is 23.1 Å². The minimum atomic E-state index is -0.155. The van der Waals surface area contributed by atoms with Crippen LogP contribution in [0.15, 0.2) is 6.07 Å². The molecule has 0 radical (unpaired) electrons. The molecule has 1 aromatic rings. The zero-order valence-electron chi connectivity index (χ0n) is 7.64. The summed E-state index contributed by atoms with van der Waals surface area (Å²) < 4.78 is 5.33. The summed E-state index contributed by atoms with van der Waals surface area (Å²) >= 11 is 11.8. The van der Waals surface area contributed by atoms with E-state index in [0.717, 1.165) is 0 Å². The number of hydrogen-bond donors (Lipinski definition) is 2. The third-order valence-electron chi connectivity index (χ3n) is 2.07. The van der Waals surface area contributed by atoms with Gasteiger partial charge in [-0.15, -0.1) is 0 Å². The van der Waals surface area contributed by atoms with Gasteiger partial charge in [-0.05, 0) is 0 Å². The van der Waals surface area contributed by atoms with Crippen LogP contribution in [0.25, 0.3) is 0 Å². The van der Waals surface area contributed by atoms with E-state index < -0.39 is 0 Å². The molecular formula is C9H8Cl2N2O2. The molecule has 15 heavy (non-hydrogen) atoms. The van der Waals surface area contributed by atoms with Crippen LogP contribution in [-0.2, 0) is 4.79 Å². The van der Waals surface area contributed by atoms with Crippen LogP contribution in [0.5, 0.6) is 5.75 Å². The molecule has 1 aromatic carbocycles. The van der Waals surface area contributed by atoms with Crippen molar-refractivity contribution in [2.45, 2.75) is 6.42 Å². The summed E-state index contributed by atoms with van der Waals surface area (Å²) in [7, 11) is 0. The van der Waals surface area contributed by atoms with Crippen LogP contribution in [0.4, 0.5) is 11.4 Å². The third-order valence-corrected chi connectivity index (χ3v) is 2.77. The predicted molar refractivity (Wildman–Crippen MR) is 59.6 cm³/mol. The fourth-order valence-electron chi connectivity index (χ4n) is 1.30. The molecule has 0 saturated carbocycles. The van der Waals surface area contributed by atoms with E-state index >= 15 is 0 Å². The Balaban J connectivity index is 2.58. The van der Waals surface area contributed by atoms with Gasteiger partial charge in [0.15, 0.2) is 0 Å². The van der Waals surface area contributed by atoms with Crippen molar-refractivity contribution >= 4 is 40.5 Å². The number of carbonyl (C=O) groups excluding carboxylic acids is 1. The summed E-state index contributed by atoms with van der Waals surface area (Å²) in [5.74, 6) is 0.294. The average Bonchev–Trinajstić information content (AvgIpc) is 2.37. The highest BCUT2D eigenvalue weighted by atomic mass is 35.5. The van der Waals surface area contributed by atoms with E-state index in [9.17, 15) is 4.79 Å². The number of carbonyl (C=O) groups is 1. The molecule has 3 N–H and O–H groups in total. The molecule has 80 valence electrons. The first-order valence-corrected chi connectivity index (χ1v) is 5.05. The zero-order chi connectivity index (χ0) is 11.0. The maximum atomic E-state index is 11.3. The highest BCUT2D eigenvalue weighted by Gasteiger charge is 2.20. The molecule has 6 heteroatoms. The van der Waals surface area contributed by atoms with E-state index in [-0.39, 0.29) is 23.0 Å². The number of hydrogen-bond acceptors (Lipinski definition) is 3. The van der Waals surface area contributed by atoms with Crippen LogP contribution >= 0.6 is 23.2 Å². The lowest BCUT2D eigenvalue weighted by molar-refractivity contribution is -0.116. The van der Waals surface area contributed by atoms with Crippen molar-refractivity contribution in [3.63, 3.8) is 0 Å².